The van der Waals surface area contributed by atoms with E-state index in [0.29, 0.717) is 19.0 Å². The SMILES string of the molecule is CN1CC[C@@H](NC(=O)N2CCS(=O)(=O)CC2)[C@@H](Cc2ccccc2)C1. The number of nitrogens with one attached hydrogen (secondary N) is 1. The van der Waals surface area contributed by atoms with E-state index < -0.39 is 9.84 Å². The first kappa shape index (κ1) is 18.2. The summed E-state index contributed by atoms with van der Waals surface area (Å²) in [6, 6.07) is 10.4. The molecular weight excluding hydrogens is 338 g/mol. The van der Waals surface area contributed by atoms with E-state index in [1.165, 1.54) is 5.56 Å². The molecule has 25 heavy (non-hydrogen) atoms. The van der Waals surface area contributed by atoms with Crippen LogP contribution >= 0.6 is 0 Å². The number of rotatable bonds is 3. The Bertz CT molecular complexity index is 679. The van der Waals surface area contributed by atoms with Gasteiger partial charge < -0.3 is 15.1 Å². The van der Waals surface area contributed by atoms with Gasteiger partial charge in [0, 0.05) is 25.7 Å². The van der Waals surface area contributed by atoms with Crippen molar-refractivity contribution in [2.24, 2.45) is 5.92 Å². The zero-order chi connectivity index (χ0) is 17.9. The lowest BCUT2D eigenvalue weighted by Crippen LogP contribution is -2.55. The Morgan fingerprint density at radius 2 is 1.84 bits per heavy atom. The molecule has 1 aromatic carbocycles. The molecule has 0 aromatic heterocycles. The fraction of sp³-hybridized carbons (Fsp3) is 0.611. The topological polar surface area (TPSA) is 69.7 Å². The van der Waals surface area contributed by atoms with Crippen LogP contribution in [0.15, 0.2) is 30.3 Å². The molecule has 138 valence electrons. The first-order chi connectivity index (χ1) is 11.9. The maximum absolute atomic E-state index is 12.6. The summed E-state index contributed by atoms with van der Waals surface area (Å²) in [6.45, 7) is 2.51. The summed E-state index contributed by atoms with van der Waals surface area (Å²) in [6.07, 6.45) is 1.86. The van der Waals surface area contributed by atoms with Gasteiger partial charge in [-0.2, -0.15) is 0 Å². The number of carbonyl (C=O) groups excluding carboxylic acids is 1. The van der Waals surface area contributed by atoms with Crippen molar-refractivity contribution in [2.75, 3.05) is 44.7 Å². The predicted molar refractivity (Wildman–Crippen MR) is 98.3 cm³/mol. The Morgan fingerprint density at radius 3 is 2.52 bits per heavy atom. The van der Waals surface area contributed by atoms with Crippen molar-refractivity contribution in [1.29, 1.82) is 0 Å². The Kier molecular flexibility index (Phi) is 5.64. The standard InChI is InChI=1S/C18H27N3O3S/c1-20-8-7-17(16(14-20)13-15-5-3-2-4-6-15)19-18(22)21-9-11-25(23,24)12-10-21/h2-6,16-17H,7-14H2,1H3,(H,19,22)/t16-,17+/m0/s1. The highest BCUT2D eigenvalue weighted by Gasteiger charge is 2.31. The molecule has 6 nitrogen and oxygen atoms in total. The van der Waals surface area contributed by atoms with Gasteiger partial charge in [0.25, 0.3) is 0 Å². The Morgan fingerprint density at radius 1 is 1.16 bits per heavy atom. The molecule has 0 radical (unpaired) electrons. The molecule has 0 unspecified atom stereocenters. The number of piperidine rings is 1. The van der Waals surface area contributed by atoms with Crippen molar-refractivity contribution >= 4 is 15.9 Å². The van der Waals surface area contributed by atoms with Crippen LogP contribution in [0.25, 0.3) is 0 Å². The lowest BCUT2D eigenvalue weighted by molar-refractivity contribution is 0.150. The molecular formula is C18H27N3O3S. The Hall–Kier alpha value is -1.60. The Labute approximate surface area is 150 Å². The number of nitrogens with zero attached hydrogens (tertiary/aromatic N) is 2. The normalized spacial score (nSPS) is 27.0. The van der Waals surface area contributed by atoms with E-state index in [1.54, 1.807) is 4.90 Å². The molecule has 1 aromatic rings. The molecule has 0 saturated carbocycles. The fourth-order valence-electron chi connectivity index (χ4n) is 3.69. The number of likely N-dealkylation sites (tertiary alicyclic amines) is 1. The first-order valence-corrected chi connectivity index (χ1v) is 10.7. The van der Waals surface area contributed by atoms with Gasteiger partial charge in [-0.1, -0.05) is 30.3 Å². The van der Waals surface area contributed by atoms with Crippen LogP contribution in [0.1, 0.15) is 12.0 Å². The largest absolute Gasteiger partial charge is 0.335 e. The van der Waals surface area contributed by atoms with Crippen molar-refractivity contribution in [3.8, 4) is 0 Å². The maximum atomic E-state index is 12.6. The number of hydrogen-bond acceptors (Lipinski definition) is 4. The quantitative estimate of drug-likeness (QED) is 0.867. The van der Waals surface area contributed by atoms with Crippen molar-refractivity contribution in [3.05, 3.63) is 35.9 Å². The van der Waals surface area contributed by atoms with Gasteiger partial charge in [-0.15, -0.1) is 0 Å². The number of benzene rings is 1. The van der Waals surface area contributed by atoms with Crippen molar-refractivity contribution in [3.63, 3.8) is 0 Å². The molecule has 0 bridgehead atoms. The smallest absolute Gasteiger partial charge is 0.317 e. The summed E-state index contributed by atoms with van der Waals surface area (Å²) >= 11 is 0. The summed E-state index contributed by atoms with van der Waals surface area (Å²) < 4.78 is 23.1. The minimum absolute atomic E-state index is 0.0707. The van der Waals surface area contributed by atoms with E-state index in [4.69, 9.17) is 0 Å². The average molecular weight is 365 g/mol. The van der Waals surface area contributed by atoms with Gasteiger partial charge in [0.05, 0.1) is 11.5 Å². The lowest BCUT2D eigenvalue weighted by Gasteiger charge is -2.38. The van der Waals surface area contributed by atoms with Gasteiger partial charge >= 0.3 is 6.03 Å². The second-order valence-electron chi connectivity index (χ2n) is 7.20. The summed E-state index contributed by atoms with van der Waals surface area (Å²) in [4.78, 5) is 16.5. The number of urea groups is 1. The van der Waals surface area contributed by atoms with E-state index in [2.05, 4.69) is 29.4 Å². The molecule has 2 aliphatic rings. The summed E-state index contributed by atoms with van der Waals surface area (Å²) in [7, 11) is -0.853. The van der Waals surface area contributed by atoms with E-state index >= 15 is 0 Å². The lowest BCUT2D eigenvalue weighted by atomic mass is 9.87. The third kappa shape index (κ3) is 4.95. The molecule has 1 N–H and O–H groups in total. The predicted octanol–water partition coefficient (Wildman–Crippen LogP) is 0.989. The molecule has 2 amide bonds. The van der Waals surface area contributed by atoms with E-state index in [-0.39, 0.29) is 23.6 Å². The highest BCUT2D eigenvalue weighted by Crippen LogP contribution is 2.21. The van der Waals surface area contributed by atoms with Gasteiger partial charge in [0.2, 0.25) is 0 Å². The molecule has 2 fully saturated rings. The number of amides is 2. The van der Waals surface area contributed by atoms with Crippen LogP contribution < -0.4 is 5.32 Å². The van der Waals surface area contributed by atoms with Crippen LogP contribution in [0.2, 0.25) is 0 Å². The van der Waals surface area contributed by atoms with Gasteiger partial charge in [-0.3, -0.25) is 0 Å². The van der Waals surface area contributed by atoms with Crippen molar-refractivity contribution < 1.29 is 13.2 Å². The maximum Gasteiger partial charge on any atom is 0.317 e. The molecule has 0 spiro atoms. The summed E-state index contributed by atoms with van der Waals surface area (Å²) in [5, 5.41) is 3.17. The minimum atomic E-state index is -2.97. The average Bonchev–Trinajstić information content (AvgIpc) is 2.58. The van der Waals surface area contributed by atoms with Crippen molar-refractivity contribution in [1.82, 2.24) is 15.1 Å². The van der Waals surface area contributed by atoms with Crippen LogP contribution in [0, 0.1) is 5.92 Å². The number of sulfone groups is 1. The molecule has 7 heteroatoms. The van der Waals surface area contributed by atoms with Gasteiger partial charge in [-0.25, -0.2) is 13.2 Å². The zero-order valence-electron chi connectivity index (χ0n) is 14.7. The van der Waals surface area contributed by atoms with Crippen LogP contribution in [0.3, 0.4) is 0 Å². The van der Waals surface area contributed by atoms with E-state index in [9.17, 15) is 13.2 Å². The van der Waals surface area contributed by atoms with Gasteiger partial charge in [0.1, 0.15) is 0 Å². The Balaban J connectivity index is 1.61. The van der Waals surface area contributed by atoms with E-state index in [1.807, 2.05) is 18.2 Å². The second-order valence-corrected chi connectivity index (χ2v) is 9.50. The van der Waals surface area contributed by atoms with E-state index in [0.717, 1.165) is 25.9 Å². The second kappa shape index (κ2) is 7.74. The van der Waals surface area contributed by atoms with Crippen LogP contribution in [0.5, 0.6) is 0 Å². The zero-order valence-corrected chi connectivity index (χ0v) is 15.5. The molecule has 3 rings (SSSR count). The number of carbonyl (C=O) groups is 1. The fourth-order valence-corrected chi connectivity index (χ4v) is 4.89. The summed E-state index contributed by atoms with van der Waals surface area (Å²) in [5.41, 5.74) is 1.28. The third-order valence-electron chi connectivity index (χ3n) is 5.22. The molecule has 2 atom stereocenters. The minimum Gasteiger partial charge on any atom is -0.335 e. The van der Waals surface area contributed by atoms with Crippen LogP contribution in [-0.4, -0.2) is 75.0 Å². The molecule has 2 aliphatic heterocycles. The van der Waals surface area contributed by atoms with Gasteiger partial charge in [-0.05, 0) is 37.9 Å². The highest BCUT2D eigenvalue weighted by molar-refractivity contribution is 7.91. The summed E-state index contributed by atoms with van der Waals surface area (Å²) in [5.74, 6) is 0.501. The highest BCUT2D eigenvalue weighted by atomic mass is 32.2. The molecule has 2 saturated heterocycles. The van der Waals surface area contributed by atoms with Crippen LogP contribution in [-0.2, 0) is 16.3 Å². The van der Waals surface area contributed by atoms with Gasteiger partial charge in [0.15, 0.2) is 9.84 Å². The van der Waals surface area contributed by atoms with Crippen LogP contribution in [0.4, 0.5) is 4.79 Å². The molecule has 2 heterocycles. The monoisotopic (exact) mass is 365 g/mol. The first-order valence-electron chi connectivity index (χ1n) is 8.91. The van der Waals surface area contributed by atoms with Crippen molar-refractivity contribution in [2.45, 2.75) is 18.9 Å². The number of hydrogen-bond donors (Lipinski definition) is 1. The molecule has 0 aliphatic carbocycles. The third-order valence-corrected chi connectivity index (χ3v) is 6.83.